The lowest BCUT2D eigenvalue weighted by molar-refractivity contribution is 0.102. The molecule has 0 atom stereocenters. The van der Waals surface area contributed by atoms with E-state index in [1.165, 1.54) is 12.1 Å². The van der Waals surface area contributed by atoms with Gasteiger partial charge in [0.25, 0.3) is 5.91 Å². The van der Waals surface area contributed by atoms with Gasteiger partial charge >= 0.3 is 0 Å². The van der Waals surface area contributed by atoms with Crippen LogP contribution in [0.3, 0.4) is 0 Å². The molecule has 5 nitrogen and oxygen atoms in total. The Morgan fingerprint density at radius 1 is 1.17 bits per heavy atom. The van der Waals surface area contributed by atoms with Crippen molar-refractivity contribution >= 4 is 11.6 Å². The molecule has 0 aliphatic heterocycles. The highest BCUT2D eigenvalue weighted by Crippen LogP contribution is 2.25. The molecule has 0 spiro atoms. The summed E-state index contributed by atoms with van der Waals surface area (Å²) in [5.41, 5.74) is 1.86. The monoisotopic (exact) mass is 391 g/mol. The Hall–Kier alpha value is -3.59. The normalized spacial score (nSPS) is 11.0. The van der Waals surface area contributed by atoms with Crippen LogP contribution in [0.1, 0.15) is 36.8 Å². The minimum absolute atomic E-state index is 0.0363. The number of nitrogens with zero attached hydrogens (tertiary/aromatic N) is 2. The number of rotatable bonds is 5. The highest BCUT2D eigenvalue weighted by atomic mass is 19.1. The molecule has 0 fully saturated rings. The van der Waals surface area contributed by atoms with Gasteiger partial charge in [-0.2, -0.15) is 5.26 Å². The van der Waals surface area contributed by atoms with E-state index >= 15 is 0 Å². The van der Waals surface area contributed by atoms with Crippen LogP contribution < -0.4 is 10.1 Å². The zero-order valence-corrected chi connectivity index (χ0v) is 16.6. The fraction of sp³-hybridized carbons (Fsp3) is 0.217. The lowest BCUT2D eigenvalue weighted by Gasteiger charge is -2.19. The number of benzene rings is 2. The number of amides is 1. The lowest BCUT2D eigenvalue weighted by atomic mass is 9.98. The van der Waals surface area contributed by atoms with Gasteiger partial charge < -0.3 is 14.6 Å². The fourth-order valence-electron chi connectivity index (χ4n) is 2.70. The molecule has 1 aromatic heterocycles. The third-order valence-electron chi connectivity index (χ3n) is 4.10. The first-order valence-corrected chi connectivity index (χ1v) is 9.18. The second-order valence-corrected chi connectivity index (χ2v) is 7.87. The minimum Gasteiger partial charge on any atom is -0.492 e. The zero-order chi connectivity index (χ0) is 21.0. The summed E-state index contributed by atoms with van der Waals surface area (Å²) in [4.78, 5) is 12.8. The first-order chi connectivity index (χ1) is 13.8. The molecule has 0 aliphatic carbocycles. The molecule has 2 aromatic carbocycles. The van der Waals surface area contributed by atoms with Crippen molar-refractivity contribution in [1.29, 1.82) is 5.26 Å². The van der Waals surface area contributed by atoms with Crippen molar-refractivity contribution in [3.05, 3.63) is 77.9 Å². The Morgan fingerprint density at radius 3 is 2.55 bits per heavy atom. The van der Waals surface area contributed by atoms with Crippen LogP contribution in [0.25, 0.3) is 5.69 Å². The number of halogens is 1. The molecule has 1 heterocycles. The largest absolute Gasteiger partial charge is 0.492 e. The maximum Gasteiger partial charge on any atom is 0.272 e. The minimum atomic E-state index is -0.343. The van der Waals surface area contributed by atoms with E-state index in [1.54, 1.807) is 53.2 Å². The molecule has 29 heavy (non-hydrogen) atoms. The van der Waals surface area contributed by atoms with Crippen molar-refractivity contribution in [2.45, 2.75) is 20.8 Å². The average Bonchev–Trinajstić information content (AvgIpc) is 3.16. The van der Waals surface area contributed by atoms with Gasteiger partial charge in [0.2, 0.25) is 0 Å². The Bertz CT molecular complexity index is 1060. The lowest BCUT2D eigenvalue weighted by Crippen LogP contribution is -2.18. The summed E-state index contributed by atoms with van der Waals surface area (Å²) < 4.78 is 20.6. The number of carbonyl (C=O) groups excluding carboxylic acids is 1. The first-order valence-electron chi connectivity index (χ1n) is 9.18. The molecule has 1 N–H and O–H groups in total. The van der Waals surface area contributed by atoms with Gasteiger partial charge in [0.15, 0.2) is 0 Å². The molecule has 0 unspecified atom stereocenters. The van der Waals surface area contributed by atoms with E-state index in [0.29, 0.717) is 35.0 Å². The van der Waals surface area contributed by atoms with E-state index in [1.807, 2.05) is 20.8 Å². The molecule has 1 amide bonds. The molecule has 0 bridgehead atoms. The molecule has 0 saturated carbocycles. The van der Waals surface area contributed by atoms with Gasteiger partial charge in [-0.05, 0) is 60.0 Å². The Morgan fingerprint density at radius 2 is 1.90 bits per heavy atom. The van der Waals surface area contributed by atoms with Gasteiger partial charge in [0, 0.05) is 17.6 Å². The van der Waals surface area contributed by atoms with Crippen LogP contribution in [0.5, 0.6) is 5.75 Å². The van der Waals surface area contributed by atoms with Gasteiger partial charge in [-0.3, -0.25) is 4.79 Å². The van der Waals surface area contributed by atoms with Crippen molar-refractivity contribution in [2.24, 2.45) is 5.41 Å². The number of ether oxygens (including phenoxy) is 1. The van der Waals surface area contributed by atoms with Gasteiger partial charge in [-0.15, -0.1) is 0 Å². The summed E-state index contributed by atoms with van der Waals surface area (Å²) in [5.74, 6) is -0.202. The molecule has 0 radical (unpaired) electrons. The summed E-state index contributed by atoms with van der Waals surface area (Å²) in [6, 6.07) is 16.4. The molecule has 0 saturated heterocycles. The maximum absolute atomic E-state index is 13.2. The number of carbonyl (C=O) groups is 1. The molecule has 148 valence electrons. The summed E-state index contributed by atoms with van der Waals surface area (Å²) in [5, 5.41) is 12.2. The topological polar surface area (TPSA) is 67.0 Å². The second kappa shape index (κ2) is 8.19. The summed E-state index contributed by atoms with van der Waals surface area (Å²) in [7, 11) is 0. The van der Waals surface area contributed by atoms with E-state index in [0.717, 1.165) is 0 Å². The van der Waals surface area contributed by atoms with Crippen molar-refractivity contribution in [3.63, 3.8) is 0 Å². The Balaban J connectivity index is 1.79. The van der Waals surface area contributed by atoms with E-state index < -0.39 is 0 Å². The third kappa shape index (κ3) is 5.02. The molecule has 0 aliphatic rings. The summed E-state index contributed by atoms with van der Waals surface area (Å²) >= 11 is 0. The van der Waals surface area contributed by atoms with Crippen molar-refractivity contribution in [1.82, 2.24) is 4.57 Å². The zero-order valence-electron chi connectivity index (χ0n) is 16.6. The first kappa shape index (κ1) is 20.2. The third-order valence-corrected chi connectivity index (χ3v) is 4.10. The summed E-state index contributed by atoms with van der Waals surface area (Å²) in [6.45, 7) is 6.61. The van der Waals surface area contributed by atoms with Crippen LogP contribution in [-0.2, 0) is 0 Å². The van der Waals surface area contributed by atoms with Crippen LogP contribution in [0, 0.1) is 22.6 Å². The van der Waals surface area contributed by atoms with Gasteiger partial charge in [0.1, 0.15) is 23.3 Å². The summed E-state index contributed by atoms with van der Waals surface area (Å²) in [6.07, 6.45) is 1.73. The molecule has 3 aromatic rings. The van der Waals surface area contributed by atoms with Crippen molar-refractivity contribution in [3.8, 4) is 17.5 Å². The molecule has 3 rings (SSSR count). The van der Waals surface area contributed by atoms with E-state index in [2.05, 4.69) is 11.4 Å². The molecular formula is C23H22FN3O2. The van der Waals surface area contributed by atoms with Gasteiger partial charge in [-0.25, -0.2) is 4.39 Å². The van der Waals surface area contributed by atoms with Crippen molar-refractivity contribution in [2.75, 3.05) is 11.9 Å². The van der Waals surface area contributed by atoms with Crippen LogP contribution in [-0.4, -0.2) is 17.1 Å². The Kier molecular flexibility index (Phi) is 5.69. The van der Waals surface area contributed by atoms with Crippen molar-refractivity contribution < 1.29 is 13.9 Å². The van der Waals surface area contributed by atoms with Crippen LogP contribution in [0.15, 0.2) is 60.8 Å². The quantitative estimate of drug-likeness (QED) is 0.653. The van der Waals surface area contributed by atoms with E-state index in [4.69, 9.17) is 4.74 Å². The van der Waals surface area contributed by atoms with Crippen LogP contribution in [0.4, 0.5) is 10.1 Å². The maximum atomic E-state index is 13.2. The molecular weight excluding hydrogens is 369 g/mol. The van der Waals surface area contributed by atoms with Crippen LogP contribution >= 0.6 is 0 Å². The SMILES string of the molecule is CC(C)(C)COc1ccc(NC(=O)c2cccn2-c2ccc(F)cc2)cc1C#N. The highest BCUT2D eigenvalue weighted by molar-refractivity contribution is 6.03. The van der Waals surface area contributed by atoms with E-state index in [9.17, 15) is 14.4 Å². The Labute approximate surface area is 169 Å². The number of anilines is 1. The van der Waals surface area contributed by atoms with E-state index in [-0.39, 0.29) is 17.1 Å². The van der Waals surface area contributed by atoms with Gasteiger partial charge in [0.05, 0.1) is 12.2 Å². The predicted molar refractivity (Wildman–Crippen MR) is 110 cm³/mol. The predicted octanol–water partition coefficient (Wildman–Crippen LogP) is 5.17. The number of nitrogens with one attached hydrogen (secondary N) is 1. The number of aromatic nitrogens is 1. The average molecular weight is 391 g/mol. The smallest absolute Gasteiger partial charge is 0.272 e. The van der Waals surface area contributed by atoms with Crippen LogP contribution in [0.2, 0.25) is 0 Å². The standard InChI is InChI=1S/C23H22FN3O2/c1-23(2,3)15-29-21-11-8-18(13-16(21)14-25)26-22(28)20-5-4-12-27(20)19-9-6-17(24)7-10-19/h4-13H,15H2,1-3H3,(H,26,28). The number of hydrogen-bond donors (Lipinski definition) is 1. The second-order valence-electron chi connectivity index (χ2n) is 7.87. The fourth-order valence-corrected chi connectivity index (χ4v) is 2.70. The highest BCUT2D eigenvalue weighted by Gasteiger charge is 2.15. The molecule has 6 heteroatoms. The van der Waals surface area contributed by atoms with Gasteiger partial charge in [-0.1, -0.05) is 20.8 Å². The number of hydrogen-bond acceptors (Lipinski definition) is 3. The number of nitriles is 1.